The molecule has 0 aromatic carbocycles. The number of imidazole rings is 1. The largest absolute Gasteiger partial charge is 0.396 e. The molecule has 0 fully saturated rings. The molecule has 114 valence electrons. The lowest BCUT2D eigenvalue weighted by Gasteiger charge is -2.21. The molecular weight excluding hydrogens is 254 g/mol. The lowest BCUT2D eigenvalue weighted by Crippen LogP contribution is -2.33. The lowest BCUT2D eigenvalue weighted by atomic mass is 10.2. The summed E-state index contributed by atoms with van der Waals surface area (Å²) in [6.45, 7) is 6.72. The number of nitrogens with zero attached hydrogens (tertiary/aromatic N) is 3. The number of aromatic nitrogens is 2. The van der Waals surface area contributed by atoms with Gasteiger partial charge in [0.2, 0.25) is 0 Å². The predicted molar refractivity (Wildman–Crippen MR) is 79.6 cm³/mol. The Bertz CT molecular complexity index is 382. The average Bonchev–Trinajstić information content (AvgIpc) is 2.93. The first-order valence-corrected chi connectivity index (χ1v) is 7.64. The van der Waals surface area contributed by atoms with Gasteiger partial charge in [0, 0.05) is 32.4 Å². The van der Waals surface area contributed by atoms with Gasteiger partial charge in [-0.2, -0.15) is 0 Å². The van der Waals surface area contributed by atoms with Gasteiger partial charge in [0.25, 0.3) is 5.91 Å². The fraction of sp³-hybridized carbons (Fsp3) is 0.733. The van der Waals surface area contributed by atoms with Crippen LogP contribution in [-0.4, -0.2) is 45.2 Å². The summed E-state index contributed by atoms with van der Waals surface area (Å²) in [7, 11) is 0. The Morgan fingerprint density at radius 3 is 2.45 bits per heavy atom. The van der Waals surface area contributed by atoms with Crippen LogP contribution in [0.4, 0.5) is 0 Å². The zero-order chi connectivity index (χ0) is 14.8. The van der Waals surface area contributed by atoms with Crippen molar-refractivity contribution in [3.05, 3.63) is 18.2 Å². The Kier molecular flexibility index (Phi) is 7.95. The van der Waals surface area contributed by atoms with E-state index in [0.717, 1.165) is 38.8 Å². The molecule has 0 aliphatic heterocycles. The van der Waals surface area contributed by atoms with Gasteiger partial charge in [0.1, 0.15) is 5.69 Å². The van der Waals surface area contributed by atoms with Crippen LogP contribution in [0.25, 0.3) is 0 Å². The third kappa shape index (κ3) is 5.33. The standard InChI is InChI=1S/C15H27N3O2/c1-3-5-9-18(10-6-4-2)15(20)14-12-17(13-16-14)8-7-11-19/h12-13,19H,3-11H2,1-2H3. The van der Waals surface area contributed by atoms with Crippen LogP contribution in [0, 0.1) is 0 Å². The zero-order valence-electron chi connectivity index (χ0n) is 12.7. The Morgan fingerprint density at radius 2 is 1.90 bits per heavy atom. The van der Waals surface area contributed by atoms with Crippen LogP contribution in [0.3, 0.4) is 0 Å². The Hall–Kier alpha value is -1.36. The molecule has 0 radical (unpaired) electrons. The van der Waals surface area contributed by atoms with E-state index in [1.807, 2.05) is 9.47 Å². The third-order valence-electron chi connectivity index (χ3n) is 3.28. The van der Waals surface area contributed by atoms with Crippen LogP contribution >= 0.6 is 0 Å². The van der Waals surface area contributed by atoms with Crippen LogP contribution in [0.1, 0.15) is 56.4 Å². The molecule has 0 atom stereocenters. The quantitative estimate of drug-likeness (QED) is 0.716. The number of carbonyl (C=O) groups is 1. The minimum absolute atomic E-state index is 0.0228. The normalized spacial score (nSPS) is 10.8. The van der Waals surface area contributed by atoms with E-state index in [9.17, 15) is 4.79 Å². The monoisotopic (exact) mass is 281 g/mol. The highest BCUT2D eigenvalue weighted by Gasteiger charge is 2.17. The van der Waals surface area contributed by atoms with Gasteiger partial charge in [-0.15, -0.1) is 0 Å². The molecule has 1 amide bonds. The molecule has 1 N–H and O–H groups in total. The van der Waals surface area contributed by atoms with Crippen LogP contribution in [0.2, 0.25) is 0 Å². The van der Waals surface area contributed by atoms with Gasteiger partial charge < -0.3 is 14.6 Å². The second-order valence-corrected chi connectivity index (χ2v) is 5.07. The number of amides is 1. The van der Waals surface area contributed by atoms with Gasteiger partial charge in [0.05, 0.1) is 6.33 Å². The summed E-state index contributed by atoms with van der Waals surface area (Å²) in [6.07, 6.45) is 8.35. The molecule has 1 rings (SSSR count). The number of hydrogen-bond acceptors (Lipinski definition) is 3. The maximum atomic E-state index is 12.4. The molecule has 1 aromatic rings. The van der Waals surface area contributed by atoms with Crippen molar-refractivity contribution in [2.45, 2.75) is 52.5 Å². The van der Waals surface area contributed by atoms with Crippen LogP contribution in [-0.2, 0) is 6.54 Å². The van der Waals surface area contributed by atoms with Gasteiger partial charge in [-0.1, -0.05) is 26.7 Å². The summed E-state index contributed by atoms with van der Waals surface area (Å²) in [5.74, 6) is 0.0228. The van der Waals surface area contributed by atoms with Gasteiger partial charge in [0.15, 0.2) is 0 Å². The first-order chi connectivity index (χ1) is 9.72. The molecule has 20 heavy (non-hydrogen) atoms. The van der Waals surface area contributed by atoms with E-state index in [-0.39, 0.29) is 12.5 Å². The maximum Gasteiger partial charge on any atom is 0.274 e. The SMILES string of the molecule is CCCCN(CCCC)C(=O)c1cn(CCCO)cn1. The molecule has 0 aliphatic carbocycles. The van der Waals surface area contributed by atoms with Gasteiger partial charge >= 0.3 is 0 Å². The molecule has 0 saturated carbocycles. The second-order valence-electron chi connectivity index (χ2n) is 5.07. The highest BCUT2D eigenvalue weighted by atomic mass is 16.3. The topological polar surface area (TPSA) is 58.4 Å². The molecule has 0 bridgehead atoms. The van der Waals surface area contributed by atoms with Crippen LogP contribution < -0.4 is 0 Å². The van der Waals surface area contributed by atoms with E-state index in [2.05, 4.69) is 18.8 Å². The fourth-order valence-corrected chi connectivity index (χ4v) is 2.02. The Morgan fingerprint density at radius 1 is 1.25 bits per heavy atom. The Labute approximate surface area is 121 Å². The minimum Gasteiger partial charge on any atom is -0.396 e. The number of aliphatic hydroxyl groups excluding tert-OH is 1. The van der Waals surface area contributed by atoms with Crippen molar-refractivity contribution >= 4 is 5.91 Å². The molecule has 1 heterocycles. The third-order valence-corrected chi connectivity index (χ3v) is 3.28. The summed E-state index contributed by atoms with van der Waals surface area (Å²) in [6, 6.07) is 0. The molecule has 0 unspecified atom stereocenters. The van der Waals surface area contributed by atoms with Crippen molar-refractivity contribution in [3.63, 3.8) is 0 Å². The number of aryl methyl sites for hydroxylation is 1. The van der Waals surface area contributed by atoms with Gasteiger partial charge in [-0.25, -0.2) is 4.98 Å². The van der Waals surface area contributed by atoms with E-state index >= 15 is 0 Å². The number of unbranched alkanes of at least 4 members (excludes halogenated alkanes) is 2. The summed E-state index contributed by atoms with van der Waals surface area (Å²) in [5, 5.41) is 8.82. The Balaban J connectivity index is 2.64. The number of aliphatic hydroxyl groups is 1. The van der Waals surface area contributed by atoms with Crippen molar-refractivity contribution in [2.75, 3.05) is 19.7 Å². The number of hydrogen-bond donors (Lipinski definition) is 1. The summed E-state index contributed by atoms with van der Waals surface area (Å²) in [5.41, 5.74) is 0.509. The molecule has 0 aliphatic rings. The molecule has 0 spiro atoms. The van der Waals surface area contributed by atoms with E-state index in [1.165, 1.54) is 0 Å². The van der Waals surface area contributed by atoms with Gasteiger partial charge in [-0.05, 0) is 19.3 Å². The second kappa shape index (κ2) is 9.53. The van der Waals surface area contributed by atoms with Crippen molar-refractivity contribution < 1.29 is 9.90 Å². The van der Waals surface area contributed by atoms with Crippen molar-refractivity contribution in [1.29, 1.82) is 0 Å². The van der Waals surface area contributed by atoms with Crippen LogP contribution in [0.5, 0.6) is 0 Å². The summed E-state index contributed by atoms with van der Waals surface area (Å²) in [4.78, 5) is 18.5. The summed E-state index contributed by atoms with van der Waals surface area (Å²) < 4.78 is 1.86. The minimum atomic E-state index is 0.0228. The van der Waals surface area contributed by atoms with Crippen molar-refractivity contribution in [3.8, 4) is 0 Å². The molecule has 0 saturated heterocycles. The van der Waals surface area contributed by atoms with E-state index in [1.54, 1.807) is 12.5 Å². The van der Waals surface area contributed by atoms with Crippen LogP contribution in [0.15, 0.2) is 12.5 Å². The van der Waals surface area contributed by atoms with E-state index in [0.29, 0.717) is 18.7 Å². The van der Waals surface area contributed by atoms with Crippen molar-refractivity contribution in [1.82, 2.24) is 14.5 Å². The number of rotatable bonds is 10. The smallest absolute Gasteiger partial charge is 0.274 e. The molecule has 5 nitrogen and oxygen atoms in total. The van der Waals surface area contributed by atoms with E-state index < -0.39 is 0 Å². The highest BCUT2D eigenvalue weighted by molar-refractivity contribution is 5.92. The fourth-order valence-electron chi connectivity index (χ4n) is 2.02. The molecular formula is C15H27N3O2. The molecule has 1 aromatic heterocycles. The predicted octanol–water partition coefficient (Wildman–Crippen LogP) is 2.31. The lowest BCUT2D eigenvalue weighted by molar-refractivity contribution is 0.0745. The van der Waals surface area contributed by atoms with E-state index in [4.69, 9.17) is 5.11 Å². The first-order valence-electron chi connectivity index (χ1n) is 7.64. The first kappa shape index (κ1) is 16.7. The van der Waals surface area contributed by atoms with Crippen molar-refractivity contribution in [2.24, 2.45) is 0 Å². The highest BCUT2D eigenvalue weighted by Crippen LogP contribution is 2.07. The maximum absolute atomic E-state index is 12.4. The molecule has 5 heteroatoms. The average molecular weight is 281 g/mol. The van der Waals surface area contributed by atoms with Gasteiger partial charge in [-0.3, -0.25) is 4.79 Å². The zero-order valence-corrected chi connectivity index (χ0v) is 12.7. The summed E-state index contributed by atoms with van der Waals surface area (Å²) >= 11 is 0. The number of carbonyl (C=O) groups excluding carboxylic acids is 1.